The number of unbranched alkanes of at least 4 members (excludes halogenated alkanes) is 3. The molecule has 0 amide bonds. The van der Waals surface area contributed by atoms with E-state index in [0.717, 1.165) is 34.9 Å². The number of hydrogen-bond acceptors (Lipinski definition) is 3. The number of ether oxygens (including phenoxy) is 2. The van der Waals surface area contributed by atoms with Crippen LogP contribution in [-0.2, 0) is 11.3 Å². The molecule has 3 heteroatoms. The summed E-state index contributed by atoms with van der Waals surface area (Å²) in [6, 6.07) is 21.6. The standard InChI is InChI=1S/C24H26O3/c1-2-3-4-8-15-26-24(25)22-12-11-21-17-23(14-13-20(21)16-22)27-18-19-9-6-5-7-10-19/h5-7,9-14,16-17H,2-4,8,15,18H2,1H3. The molecular formula is C24H26O3. The lowest BCUT2D eigenvalue weighted by atomic mass is 10.1. The molecule has 0 spiro atoms. The second-order valence-electron chi connectivity index (χ2n) is 6.69. The van der Waals surface area contributed by atoms with Crippen molar-refractivity contribution in [2.24, 2.45) is 0 Å². The van der Waals surface area contributed by atoms with E-state index in [4.69, 9.17) is 9.47 Å². The Hall–Kier alpha value is -2.81. The summed E-state index contributed by atoms with van der Waals surface area (Å²) in [5, 5.41) is 2.04. The summed E-state index contributed by atoms with van der Waals surface area (Å²) in [6.07, 6.45) is 4.39. The smallest absolute Gasteiger partial charge is 0.338 e. The Morgan fingerprint density at radius 2 is 1.63 bits per heavy atom. The summed E-state index contributed by atoms with van der Waals surface area (Å²) in [5.41, 5.74) is 1.73. The van der Waals surface area contributed by atoms with Gasteiger partial charge in [-0.3, -0.25) is 0 Å². The number of carbonyl (C=O) groups excluding carboxylic acids is 1. The van der Waals surface area contributed by atoms with Gasteiger partial charge in [0.15, 0.2) is 0 Å². The second-order valence-corrected chi connectivity index (χ2v) is 6.69. The normalized spacial score (nSPS) is 10.7. The minimum atomic E-state index is -0.252. The molecule has 0 aliphatic heterocycles. The van der Waals surface area contributed by atoms with Crippen LogP contribution in [0, 0.1) is 0 Å². The van der Waals surface area contributed by atoms with Gasteiger partial charge in [-0.25, -0.2) is 4.79 Å². The van der Waals surface area contributed by atoms with Crippen molar-refractivity contribution >= 4 is 16.7 Å². The lowest BCUT2D eigenvalue weighted by molar-refractivity contribution is 0.0498. The summed E-state index contributed by atoms with van der Waals surface area (Å²) in [4.78, 5) is 12.2. The summed E-state index contributed by atoms with van der Waals surface area (Å²) in [5.74, 6) is 0.565. The molecule has 0 aromatic heterocycles. The van der Waals surface area contributed by atoms with Gasteiger partial charge in [-0.1, -0.05) is 68.7 Å². The van der Waals surface area contributed by atoms with E-state index in [9.17, 15) is 4.79 Å². The van der Waals surface area contributed by atoms with Crippen LogP contribution < -0.4 is 4.74 Å². The molecule has 3 rings (SSSR count). The Labute approximate surface area is 160 Å². The van der Waals surface area contributed by atoms with E-state index >= 15 is 0 Å². The average Bonchev–Trinajstić information content (AvgIpc) is 2.72. The minimum Gasteiger partial charge on any atom is -0.489 e. The number of benzene rings is 3. The molecule has 0 unspecified atom stereocenters. The summed E-state index contributed by atoms with van der Waals surface area (Å²) < 4.78 is 11.2. The molecule has 0 radical (unpaired) electrons. The topological polar surface area (TPSA) is 35.5 Å². The van der Waals surface area contributed by atoms with E-state index in [-0.39, 0.29) is 5.97 Å². The van der Waals surface area contributed by atoms with Gasteiger partial charge in [-0.2, -0.15) is 0 Å². The van der Waals surface area contributed by atoms with Gasteiger partial charge in [0.1, 0.15) is 12.4 Å². The molecule has 3 nitrogen and oxygen atoms in total. The van der Waals surface area contributed by atoms with Crippen LogP contribution in [0.15, 0.2) is 66.7 Å². The Kier molecular flexibility index (Phi) is 6.86. The van der Waals surface area contributed by atoms with E-state index in [1.54, 1.807) is 0 Å². The zero-order chi connectivity index (χ0) is 18.9. The highest BCUT2D eigenvalue weighted by molar-refractivity contribution is 5.95. The molecule has 0 fully saturated rings. The Morgan fingerprint density at radius 3 is 2.44 bits per heavy atom. The van der Waals surface area contributed by atoms with Crippen molar-refractivity contribution in [3.05, 3.63) is 77.9 Å². The van der Waals surface area contributed by atoms with Crippen LogP contribution in [0.25, 0.3) is 10.8 Å². The van der Waals surface area contributed by atoms with Gasteiger partial charge in [0, 0.05) is 0 Å². The van der Waals surface area contributed by atoms with Crippen LogP contribution in [0.5, 0.6) is 5.75 Å². The van der Waals surface area contributed by atoms with E-state index < -0.39 is 0 Å². The lowest BCUT2D eigenvalue weighted by Crippen LogP contribution is -2.06. The van der Waals surface area contributed by atoms with Crippen molar-refractivity contribution in [1.29, 1.82) is 0 Å². The fourth-order valence-corrected chi connectivity index (χ4v) is 2.96. The largest absolute Gasteiger partial charge is 0.489 e. The summed E-state index contributed by atoms with van der Waals surface area (Å²) in [6.45, 7) is 3.19. The molecular weight excluding hydrogens is 336 g/mol. The molecule has 3 aromatic carbocycles. The highest BCUT2D eigenvalue weighted by Crippen LogP contribution is 2.23. The molecule has 0 atom stereocenters. The van der Waals surface area contributed by atoms with Crippen molar-refractivity contribution in [3.8, 4) is 5.75 Å². The van der Waals surface area contributed by atoms with Gasteiger partial charge in [0.05, 0.1) is 12.2 Å². The Bertz CT molecular complexity index is 871. The Morgan fingerprint density at radius 1 is 0.852 bits per heavy atom. The predicted octanol–water partition coefficient (Wildman–Crippen LogP) is 6.16. The first kappa shape index (κ1) is 19.0. The molecule has 0 saturated heterocycles. The molecule has 0 N–H and O–H groups in total. The summed E-state index contributed by atoms with van der Waals surface area (Å²) >= 11 is 0. The highest BCUT2D eigenvalue weighted by Gasteiger charge is 2.08. The number of fused-ring (bicyclic) bond motifs is 1. The van der Waals surface area contributed by atoms with Crippen molar-refractivity contribution in [3.63, 3.8) is 0 Å². The predicted molar refractivity (Wildman–Crippen MR) is 109 cm³/mol. The molecule has 0 saturated carbocycles. The van der Waals surface area contributed by atoms with Crippen molar-refractivity contribution in [2.45, 2.75) is 39.2 Å². The Balaban J connectivity index is 1.60. The zero-order valence-electron chi connectivity index (χ0n) is 15.8. The van der Waals surface area contributed by atoms with Crippen LogP contribution in [0.3, 0.4) is 0 Å². The van der Waals surface area contributed by atoms with Gasteiger partial charge < -0.3 is 9.47 Å². The molecule has 0 bridgehead atoms. The van der Waals surface area contributed by atoms with Crippen molar-refractivity contribution in [2.75, 3.05) is 6.61 Å². The first-order chi connectivity index (χ1) is 13.3. The van der Waals surface area contributed by atoms with E-state index in [1.807, 2.05) is 66.7 Å². The monoisotopic (exact) mass is 362 g/mol. The van der Waals surface area contributed by atoms with Gasteiger partial charge in [-0.15, -0.1) is 0 Å². The van der Waals surface area contributed by atoms with Crippen molar-refractivity contribution in [1.82, 2.24) is 0 Å². The maximum absolute atomic E-state index is 12.2. The van der Waals surface area contributed by atoms with E-state index in [0.29, 0.717) is 18.8 Å². The third-order valence-electron chi connectivity index (χ3n) is 4.53. The van der Waals surface area contributed by atoms with Crippen LogP contribution in [0.4, 0.5) is 0 Å². The van der Waals surface area contributed by atoms with Crippen LogP contribution in [0.1, 0.15) is 48.5 Å². The van der Waals surface area contributed by atoms with Crippen LogP contribution in [-0.4, -0.2) is 12.6 Å². The van der Waals surface area contributed by atoms with Crippen molar-refractivity contribution < 1.29 is 14.3 Å². The maximum atomic E-state index is 12.2. The molecule has 0 aliphatic carbocycles. The minimum absolute atomic E-state index is 0.252. The third kappa shape index (κ3) is 5.58. The van der Waals surface area contributed by atoms with E-state index in [1.165, 1.54) is 12.8 Å². The SMILES string of the molecule is CCCCCCOC(=O)c1ccc2cc(OCc3ccccc3)ccc2c1. The van der Waals surface area contributed by atoms with Gasteiger partial charge in [0.25, 0.3) is 0 Å². The third-order valence-corrected chi connectivity index (χ3v) is 4.53. The molecule has 0 heterocycles. The molecule has 27 heavy (non-hydrogen) atoms. The van der Waals surface area contributed by atoms with Gasteiger partial charge in [-0.05, 0) is 47.0 Å². The number of carbonyl (C=O) groups is 1. The van der Waals surface area contributed by atoms with E-state index in [2.05, 4.69) is 6.92 Å². The highest BCUT2D eigenvalue weighted by atomic mass is 16.5. The van der Waals surface area contributed by atoms with Crippen LogP contribution >= 0.6 is 0 Å². The fraction of sp³-hybridized carbons (Fsp3) is 0.292. The second kappa shape index (κ2) is 9.77. The number of hydrogen-bond donors (Lipinski definition) is 0. The van der Waals surface area contributed by atoms with Crippen LogP contribution in [0.2, 0.25) is 0 Å². The molecule has 0 aliphatic rings. The first-order valence-electron chi connectivity index (χ1n) is 9.64. The number of rotatable bonds is 9. The maximum Gasteiger partial charge on any atom is 0.338 e. The molecule has 3 aromatic rings. The zero-order valence-corrected chi connectivity index (χ0v) is 15.8. The fourth-order valence-electron chi connectivity index (χ4n) is 2.96. The van der Waals surface area contributed by atoms with Gasteiger partial charge in [0.2, 0.25) is 0 Å². The average molecular weight is 362 g/mol. The molecule has 140 valence electrons. The first-order valence-corrected chi connectivity index (χ1v) is 9.64. The quantitative estimate of drug-likeness (QED) is 0.338. The lowest BCUT2D eigenvalue weighted by Gasteiger charge is -2.09. The van der Waals surface area contributed by atoms with Gasteiger partial charge >= 0.3 is 5.97 Å². The summed E-state index contributed by atoms with van der Waals surface area (Å²) in [7, 11) is 0. The number of esters is 1.